The molecule has 0 bridgehead atoms. The van der Waals surface area contributed by atoms with Gasteiger partial charge in [0, 0.05) is 24.3 Å². The third-order valence-corrected chi connectivity index (χ3v) is 3.13. The first kappa shape index (κ1) is 11.2. The zero-order valence-corrected chi connectivity index (χ0v) is 9.96. The Kier molecular flexibility index (Phi) is 3.01. The molecule has 0 unspecified atom stereocenters. The standard InChI is InChI=1S/C11H15ClN4/c1-2-16(7-3-4-7)11-9(12)8(10(13)14)5-6-15-11/h5-7H,2-4H2,1H3,(H3,13,14). The highest BCUT2D eigenvalue weighted by Gasteiger charge is 2.30. The van der Waals surface area contributed by atoms with Gasteiger partial charge in [0.2, 0.25) is 0 Å². The fraction of sp³-hybridized carbons (Fsp3) is 0.455. The van der Waals surface area contributed by atoms with Gasteiger partial charge in [0.1, 0.15) is 11.7 Å². The van der Waals surface area contributed by atoms with Gasteiger partial charge in [-0.3, -0.25) is 5.41 Å². The van der Waals surface area contributed by atoms with Gasteiger partial charge in [0.05, 0.1) is 5.02 Å². The summed E-state index contributed by atoms with van der Waals surface area (Å²) in [6.07, 6.45) is 4.04. The molecule has 1 aromatic rings. The maximum Gasteiger partial charge on any atom is 0.148 e. The van der Waals surface area contributed by atoms with E-state index >= 15 is 0 Å². The van der Waals surface area contributed by atoms with Crippen molar-refractivity contribution in [3.05, 3.63) is 22.8 Å². The molecule has 5 heteroatoms. The minimum Gasteiger partial charge on any atom is -0.384 e. The van der Waals surface area contributed by atoms with Crippen LogP contribution in [0.5, 0.6) is 0 Å². The number of amidine groups is 1. The average molecular weight is 239 g/mol. The van der Waals surface area contributed by atoms with Crippen LogP contribution in [0, 0.1) is 5.41 Å². The predicted molar refractivity (Wildman–Crippen MR) is 66.3 cm³/mol. The molecule has 0 atom stereocenters. The number of nitrogens with zero attached hydrogens (tertiary/aromatic N) is 2. The Morgan fingerprint density at radius 3 is 2.88 bits per heavy atom. The fourth-order valence-corrected chi connectivity index (χ4v) is 2.13. The topological polar surface area (TPSA) is 66.0 Å². The summed E-state index contributed by atoms with van der Waals surface area (Å²) in [7, 11) is 0. The van der Waals surface area contributed by atoms with Gasteiger partial charge in [-0.1, -0.05) is 11.6 Å². The summed E-state index contributed by atoms with van der Waals surface area (Å²) in [5.41, 5.74) is 6.03. The first-order chi connectivity index (χ1) is 7.65. The Balaban J connectivity index is 2.39. The summed E-state index contributed by atoms with van der Waals surface area (Å²) >= 11 is 6.22. The number of nitrogens with two attached hydrogens (primary N) is 1. The lowest BCUT2D eigenvalue weighted by molar-refractivity contribution is 0.808. The maximum atomic E-state index is 7.44. The lowest BCUT2D eigenvalue weighted by Crippen LogP contribution is -2.27. The largest absolute Gasteiger partial charge is 0.384 e. The van der Waals surface area contributed by atoms with Gasteiger partial charge >= 0.3 is 0 Å². The lowest BCUT2D eigenvalue weighted by atomic mass is 10.2. The Morgan fingerprint density at radius 1 is 1.69 bits per heavy atom. The van der Waals surface area contributed by atoms with Crippen LogP contribution in [-0.4, -0.2) is 23.4 Å². The molecule has 1 aliphatic carbocycles. The minimum atomic E-state index is -0.0134. The molecule has 1 aromatic heterocycles. The van der Waals surface area contributed by atoms with Crippen LogP contribution in [0.3, 0.4) is 0 Å². The van der Waals surface area contributed by atoms with Crippen LogP contribution < -0.4 is 10.6 Å². The molecular formula is C11H15ClN4. The Bertz CT molecular complexity index is 414. The van der Waals surface area contributed by atoms with Crippen molar-refractivity contribution < 1.29 is 0 Å². The molecule has 4 nitrogen and oxygen atoms in total. The van der Waals surface area contributed by atoms with E-state index in [1.54, 1.807) is 12.3 Å². The Labute approximate surface area is 99.9 Å². The predicted octanol–water partition coefficient (Wildman–Crippen LogP) is 2.01. The molecule has 86 valence electrons. The molecule has 1 aliphatic rings. The highest BCUT2D eigenvalue weighted by atomic mass is 35.5. The molecule has 0 aliphatic heterocycles. The molecule has 16 heavy (non-hydrogen) atoms. The van der Waals surface area contributed by atoms with Gasteiger partial charge in [-0.15, -0.1) is 0 Å². The molecule has 0 aromatic carbocycles. The van der Waals surface area contributed by atoms with Crippen LogP contribution in [0.2, 0.25) is 5.02 Å². The van der Waals surface area contributed by atoms with Crippen molar-refractivity contribution in [3.63, 3.8) is 0 Å². The van der Waals surface area contributed by atoms with E-state index in [1.165, 1.54) is 12.8 Å². The number of pyridine rings is 1. The van der Waals surface area contributed by atoms with E-state index in [4.69, 9.17) is 22.7 Å². The smallest absolute Gasteiger partial charge is 0.148 e. The van der Waals surface area contributed by atoms with Crippen molar-refractivity contribution in [3.8, 4) is 0 Å². The highest BCUT2D eigenvalue weighted by molar-refractivity contribution is 6.36. The van der Waals surface area contributed by atoms with Crippen LogP contribution in [0.1, 0.15) is 25.3 Å². The average Bonchev–Trinajstić information content (AvgIpc) is 3.05. The van der Waals surface area contributed by atoms with Crippen molar-refractivity contribution in [1.29, 1.82) is 5.41 Å². The highest BCUT2D eigenvalue weighted by Crippen LogP contribution is 2.35. The van der Waals surface area contributed by atoms with Crippen molar-refractivity contribution in [1.82, 2.24) is 4.98 Å². The third-order valence-electron chi connectivity index (χ3n) is 2.76. The number of nitrogens with one attached hydrogen (secondary N) is 1. The van der Waals surface area contributed by atoms with Crippen LogP contribution in [0.25, 0.3) is 0 Å². The van der Waals surface area contributed by atoms with E-state index < -0.39 is 0 Å². The molecule has 1 fully saturated rings. The molecule has 0 spiro atoms. The SMILES string of the molecule is CCN(c1nccc(C(=N)N)c1Cl)C1CC1. The Morgan fingerprint density at radius 2 is 2.38 bits per heavy atom. The van der Waals surface area contributed by atoms with Crippen LogP contribution in [-0.2, 0) is 0 Å². The molecule has 1 saturated carbocycles. The van der Waals surface area contributed by atoms with Gasteiger partial charge in [0.25, 0.3) is 0 Å². The van der Waals surface area contributed by atoms with Crippen molar-refractivity contribution >= 4 is 23.3 Å². The second-order valence-corrected chi connectivity index (χ2v) is 4.30. The summed E-state index contributed by atoms with van der Waals surface area (Å²) in [6.45, 7) is 2.95. The monoisotopic (exact) mass is 238 g/mol. The van der Waals surface area contributed by atoms with Crippen LogP contribution in [0.15, 0.2) is 12.3 Å². The van der Waals surface area contributed by atoms with Gasteiger partial charge in [0.15, 0.2) is 0 Å². The van der Waals surface area contributed by atoms with E-state index in [0.29, 0.717) is 16.6 Å². The zero-order valence-electron chi connectivity index (χ0n) is 9.20. The van der Waals surface area contributed by atoms with E-state index in [-0.39, 0.29) is 5.84 Å². The summed E-state index contributed by atoms with van der Waals surface area (Å²) in [6, 6.07) is 2.23. The number of hydrogen-bond donors (Lipinski definition) is 2. The molecular weight excluding hydrogens is 224 g/mol. The second-order valence-electron chi connectivity index (χ2n) is 3.93. The first-order valence-electron chi connectivity index (χ1n) is 5.40. The molecule has 3 N–H and O–H groups in total. The number of nitrogen functional groups attached to an aromatic ring is 1. The van der Waals surface area contributed by atoms with Gasteiger partial charge in [-0.05, 0) is 25.8 Å². The normalized spacial score (nSPS) is 14.9. The molecule has 2 rings (SSSR count). The zero-order chi connectivity index (χ0) is 11.7. The molecule has 0 saturated heterocycles. The van der Waals surface area contributed by atoms with Crippen molar-refractivity contribution in [2.45, 2.75) is 25.8 Å². The summed E-state index contributed by atoms with van der Waals surface area (Å²) < 4.78 is 0. The van der Waals surface area contributed by atoms with Crippen molar-refractivity contribution in [2.24, 2.45) is 5.73 Å². The van der Waals surface area contributed by atoms with E-state index in [1.807, 2.05) is 0 Å². The number of aromatic nitrogens is 1. The maximum absolute atomic E-state index is 7.44. The molecule has 0 amide bonds. The van der Waals surface area contributed by atoms with Crippen LogP contribution >= 0.6 is 11.6 Å². The number of hydrogen-bond acceptors (Lipinski definition) is 3. The quantitative estimate of drug-likeness (QED) is 0.623. The van der Waals surface area contributed by atoms with Crippen LogP contribution in [0.4, 0.5) is 5.82 Å². The summed E-state index contributed by atoms with van der Waals surface area (Å²) in [5, 5.41) is 7.93. The molecule has 1 heterocycles. The minimum absolute atomic E-state index is 0.0134. The van der Waals surface area contributed by atoms with Gasteiger partial charge in [-0.2, -0.15) is 0 Å². The van der Waals surface area contributed by atoms with Crippen molar-refractivity contribution in [2.75, 3.05) is 11.4 Å². The Hall–Kier alpha value is -1.29. The number of rotatable bonds is 4. The first-order valence-corrected chi connectivity index (χ1v) is 5.78. The third kappa shape index (κ3) is 1.97. The summed E-state index contributed by atoms with van der Waals surface area (Å²) in [4.78, 5) is 6.47. The second kappa shape index (κ2) is 4.29. The van der Waals surface area contributed by atoms with E-state index in [0.717, 1.165) is 12.4 Å². The van der Waals surface area contributed by atoms with Gasteiger partial charge < -0.3 is 10.6 Å². The van der Waals surface area contributed by atoms with E-state index in [9.17, 15) is 0 Å². The van der Waals surface area contributed by atoms with E-state index in [2.05, 4.69) is 16.8 Å². The number of anilines is 1. The number of halogens is 1. The van der Waals surface area contributed by atoms with Gasteiger partial charge in [-0.25, -0.2) is 4.98 Å². The fourth-order valence-electron chi connectivity index (χ4n) is 1.81. The molecule has 0 radical (unpaired) electrons. The summed E-state index contributed by atoms with van der Waals surface area (Å²) in [5.74, 6) is 0.736. The lowest BCUT2D eigenvalue weighted by Gasteiger charge is -2.23.